The Hall–Kier alpha value is -5.86. The topological polar surface area (TPSA) is 9.86 Å². The van der Waals surface area contributed by atoms with Crippen LogP contribution < -0.4 is 0 Å². The third-order valence-electron chi connectivity index (χ3n) is 8.61. The van der Waals surface area contributed by atoms with Crippen LogP contribution in [0.4, 0.5) is 0 Å². The SMILES string of the molecule is [2H]c1c([2H])c([2H])c(-c2ccc(-n3c4ccccc4c4cc(-c5ccc6c(c5)c5ccccc5n6-c5ccccc5)ccc43)cc2)c([2H])c1[2H]. The average Bonchev–Trinajstić information content (AvgIpc) is 3.66. The minimum atomic E-state index is -0.390. The van der Waals surface area contributed by atoms with Gasteiger partial charge in [0.1, 0.15) is 0 Å². The van der Waals surface area contributed by atoms with E-state index >= 15 is 0 Å². The summed E-state index contributed by atoms with van der Waals surface area (Å²) in [7, 11) is 0. The molecular formula is C42H28N2. The molecule has 0 fully saturated rings. The summed E-state index contributed by atoms with van der Waals surface area (Å²) in [6, 6.07) is 46.9. The van der Waals surface area contributed by atoms with Gasteiger partial charge in [-0.3, -0.25) is 0 Å². The minimum Gasteiger partial charge on any atom is -0.309 e. The maximum atomic E-state index is 8.42. The lowest BCUT2D eigenvalue weighted by Gasteiger charge is -2.10. The molecule has 0 bridgehead atoms. The van der Waals surface area contributed by atoms with Crippen LogP contribution in [0.15, 0.2) is 170 Å². The van der Waals surface area contributed by atoms with Crippen molar-refractivity contribution in [3.63, 3.8) is 0 Å². The van der Waals surface area contributed by atoms with Crippen LogP contribution in [-0.4, -0.2) is 9.13 Å². The van der Waals surface area contributed by atoms with Gasteiger partial charge >= 0.3 is 0 Å². The lowest BCUT2D eigenvalue weighted by Crippen LogP contribution is -1.93. The molecule has 0 amide bonds. The predicted octanol–water partition coefficient (Wildman–Crippen LogP) is 11.2. The standard InChI is InChI=1S/C42H28N2/c1-3-11-29(12-4-1)30-19-23-34(24-20-30)44-40-18-10-8-16-36(40)38-28-32(22-26-42(38)44)31-21-25-41-37(27-31)35-15-7-9-17-39(35)43(41)33-13-5-2-6-14-33/h1-28H/i1D,3D,4D,11D,12D. The molecular weight excluding hydrogens is 532 g/mol. The molecule has 0 spiro atoms. The Labute approximate surface area is 262 Å². The van der Waals surface area contributed by atoms with Crippen molar-refractivity contribution in [2.75, 3.05) is 0 Å². The minimum absolute atomic E-state index is 0.202. The van der Waals surface area contributed by atoms with Gasteiger partial charge in [0.05, 0.1) is 28.9 Å². The van der Waals surface area contributed by atoms with Gasteiger partial charge in [0.2, 0.25) is 0 Å². The fourth-order valence-electron chi connectivity index (χ4n) is 6.61. The summed E-state index contributed by atoms with van der Waals surface area (Å²) < 4.78 is 45.5. The fourth-order valence-corrected chi connectivity index (χ4v) is 6.61. The van der Waals surface area contributed by atoms with E-state index in [0.717, 1.165) is 44.3 Å². The zero-order valence-electron chi connectivity index (χ0n) is 28.7. The van der Waals surface area contributed by atoms with Gasteiger partial charge in [0.25, 0.3) is 0 Å². The fraction of sp³-hybridized carbons (Fsp3) is 0. The molecule has 7 aromatic carbocycles. The van der Waals surface area contributed by atoms with Gasteiger partial charge in [-0.1, -0.05) is 109 Å². The number of para-hydroxylation sites is 3. The van der Waals surface area contributed by atoms with Crippen LogP contribution in [0.2, 0.25) is 0 Å². The summed E-state index contributed by atoms with van der Waals surface area (Å²) in [4.78, 5) is 0. The highest BCUT2D eigenvalue weighted by Gasteiger charge is 2.16. The largest absolute Gasteiger partial charge is 0.309 e. The van der Waals surface area contributed by atoms with Crippen molar-refractivity contribution in [1.29, 1.82) is 0 Å². The first-order valence-corrected chi connectivity index (χ1v) is 14.7. The molecule has 9 rings (SSSR count). The molecule has 2 heteroatoms. The number of benzene rings is 7. The Kier molecular flexibility index (Phi) is 4.51. The van der Waals surface area contributed by atoms with Crippen molar-refractivity contribution in [1.82, 2.24) is 9.13 Å². The first kappa shape index (κ1) is 20.1. The van der Waals surface area contributed by atoms with E-state index in [1.807, 2.05) is 36.4 Å². The lowest BCUT2D eigenvalue weighted by atomic mass is 10.0. The van der Waals surface area contributed by atoms with E-state index in [2.05, 4.69) is 112 Å². The Morgan fingerprint density at radius 3 is 1.36 bits per heavy atom. The molecule has 0 atom stereocenters. The molecule has 0 aliphatic heterocycles. The van der Waals surface area contributed by atoms with E-state index in [1.165, 1.54) is 21.8 Å². The molecule has 0 saturated heterocycles. The molecule has 9 aromatic rings. The first-order chi connectivity index (χ1) is 23.9. The van der Waals surface area contributed by atoms with Gasteiger partial charge in [-0.25, -0.2) is 0 Å². The predicted molar refractivity (Wildman–Crippen MR) is 186 cm³/mol. The van der Waals surface area contributed by atoms with Gasteiger partial charge in [0, 0.05) is 32.9 Å². The first-order valence-electron chi connectivity index (χ1n) is 17.2. The third kappa shape index (κ3) is 3.82. The summed E-state index contributed by atoms with van der Waals surface area (Å²) in [5.41, 5.74) is 9.57. The second kappa shape index (κ2) is 9.86. The molecule has 0 unspecified atom stereocenters. The third-order valence-corrected chi connectivity index (χ3v) is 8.61. The van der Waals surface area contributed by atoms with Crippen molar-refractivity contribution < 1.29 is 6.85 Å². The molecule has 2 aromatic heterocycles. The van der Waals surface area contributed by atoms with Crippen molar-refractivity contribution in [2.24, 2.45) is 0 Å². The summed E-state index contributed by atoms with van der Waals surface area (Å²) in [6.45, 7) is 0. The van der Waals surface area contributed by atoms with Gasteiger partial charge in [0.15, 0.2) is 0 Å². The number of fused-ring (bicyclic) bond motifs is 6. The molecule has 2 nitrogen and oxygen atoms in total. The van der Waals surface area contributed by atoms with E-state index in [4.69, 9.17) is 6.85 Å². The van der Waals surface area contributed by atoms with E-state index in [1.54, 1.807) is 0 Å². The van der Waals surface area contributed by atoms with Gasteiger partial charge in [-0.2, -0.15) is 0 Å². The van der Waals surface area contributed by atoms with Crippen LogP contribution in [0.5, 0.6) is 0 Å². The Balaban J connectivity index is 1.18. The van der Waals surface area contributed by atoms with Gasteiger partial charge in [-0.15, -0.1) is 0 Å². The van der Waals surface area contributed by atoms with Crippen molar-refractivity contribution in [3.05, 3.63) is 170 Å². The monoisotopic (exact) mass is 565 g/mol. The highest BCUT2D eigenvalue weighted by molar-refractivity contribution is 6.12. The molecule has 44 heavy (non-hydrogen) atoms. The van der Waals surface area contributed by atoms with Crippen LogP contribution in [0, 0.1) is 0 Å². The normalized spacial score (nSPS) is 13.2. The number of nitrogens with zero attached hydrogens (tertiary/aromatic N) is 2. The van der Waals surface area contributed by atoms with Gasteiger partial charge in [-0.05, 0) is 82.9 Å². The Bertz CT molecular complexity index is 2730. The molecule has 2 heterocycles. The average molecular weight is 566 g/mol. The van der Waals surface area contributed by atoms with Crippen LogP contribution >= 0.6 is 0 Å². The summed E-state index contributed by atoms with van der Waals surface area (Å²) >= 11 is 0. The number of aromatic nitrogens is 2. The Morgan fingerprint density at radius 2 is 0.795 bits per heavy atom. The molecule has 0 radical (unpaired) electrons. The van der Waals surface area contributed by atoms with Crippen molar-refractivity contribution in [2.45, 2.75) is 0 Å². The molecule has 0 saturated carbocycles. The van der Waals surface area contributed by atoms with Gasteiger partial charge < -0.3 is 9.13 Å². The zero-order chi connectivity index (χ0) is 33.4. The molecule has 0 aliphatic carbocycles. The summed E-state index contributed by atoms with van der Waals surface area (Å²) in [5, 5.41) is 4.69. The molecule has 0 aliphatic rings. The van der Waals surface area contributed by atoms with E-state index in [-0.39, 0.29) is 35.8 Å². The van der Waals surface area contributed by atoms with E-state index < -0.39 is 0 Å². The second-order valence-electron chi connectivity index (χ2n) is 11.1. The smallest absolute Gasteiger partial charge is 0.0629 e. The lowest BCUT2D eigenvalue weighted by molar-refractivity contribution is 1.18. The zero-order valence-corrected chi connectivity index (χ0v) is 23.7. The second-order valence-corrected chi connectivity index (χ2v) is 11.1. The highest BCUT2D eigenvalue weighted by atomic mass is 15.0. The number of hydrogen-bond acceptors (Lipinski definition) is 0. The maximum absolute atomic E-state index is 8.42. The Morgan fingerprint density at radius 1 is 0.341 bits per heavy atom. The van der Waals surface area contributed by atoms with Crippen LogP contribution in [-0.2, 0) is 0 Å². The highest BCUT2D eigenvalue weighted by Crippen LogP contribution is 2.38. The van der Waals surface area contributed by atoms with Crippen molar-refractivity contribution >= 4 is 43.6 Å². The van der Waals surface area contributed by atoms with E-state index in [9.17, 15) is 0 Å². The molecule has 0 N–H and O–H groups in total. The molecule has 206 valence electrons. The summed E-state index contributed by atoms with van der Waals surface area (Å²) in [6.07, 6.45) is 0. The number of rotatable bonds is 4. The van der Waals surface area contributed by atoms with Crippen molar-refractivity contribution in [3.8, 4) is 33.6 Å². The summed E-state index contributed by atoms with van der Waals surface area (Å²) in [5.74, 6) is 0. The quantitative estimate of drug-likeness (QED) is 0.201. The maximum Gasteiger partial charge on any atom is 0.0629 e. The van der Waals surface area contributed by atoms with Crippen LogP contribution in [0.25, 0.3) is 77.2 Å². The van der Waals surface area contributed by atoms with Crippen LogP contribution in [0.3, 0.4) is 0 Å². The van der Waals surface area contributed by atoms with Crippen LogP contribution in [0.1, 0.15) is 6.85 Å². The number of hydrogen-bond donors (Lipinski definition) is 0. The van der Waals surface area contributed by atoms with E-state index in [0.29, 0.717) is 5.56 Å².